The molecule has 0 unspecified atom stereocenters. The summed E-state index contributed by atoms with van der Waals surface area (Å²) in [5.41, 5.74) is 1.17. The highest BCUT2D eigenvalue weighted by molar-refractivity contribution is 7.98. The molecule has 1 amide bonds. The van der Waals surface area contributed by atoms with Crippen LogP contribution in [0.15, 0.2) is 78.0 Å². The Morgan fingerprint density at radius 3 is 2.53 bits per heavy atom. The molecule has 0 saturated heterocycles. The minimum absolute atomic E-state index is 0.0362. The lowest BCUT2D eigenvalue weighted by Gasteiger charge is -2.46. The molecule has 4 aromatic rings. The van der Waals surface area contributed by atoms with Crippen LogP contribution in [0, 0.1) is 6.92 Å². The number of rotatable bonds is 5. The van der Waals surface area contributed by atoms with Crippen molar-refractivity contribution in [3.63, 3.8) is 0 Å². The fourth-order valence-electron chi connectivity index (χ4n) is 5.27. The number of aromatic nitrogens is 1. The number of carbonyl (C=O) groups is 1. The third-order valence-corrected chi connectivity index (χ3v) is 9.00. The number of thioether (sulfide) groups is 1. The smallest absolute Gasteiger partial charge is 0.479 e. The maximum atomic E-state index is 14.2. The van der Waals surface area contributed by atoms with Crippen molar-refractivity contribution in [1.82, 2.24) is 9.58 Å². The Hall–Kier alpha value is -4.10. The van der Waals surface area contributed by atoms with Gasteiger partial charge < -0.3 is 18.5 Å². The van der Waals surface area contributed by atoms with E-state index < -0.39 is 60.1 Å². The Labute approximate surface area is 251 Å². The Kier molecular flexibility index (Phi) is 7.33. The summed E-state index contributed by atoms with van der Waals surface area (Å²) in [6.45, 7) is 1.38. The van der Waals surface area contributed by atoms with Crippen LogP contribution in [0.4, 0.5) is 13.2 Å². The lowest BCUT2D eigenvalue weighted by molar-refractivity contribution is -0.173. The van der Waals surface area contributed by atoms with Crippen molar-refractivity contribution in [1.29, 1.82) is 0 Å². The maximum absolute atomic E-state index is 14.2. The Morgan fingerprint density at radius 2 is 1.81 bits per heavy atom. The molecule has 0 aliphatic carbocycles. The van der Waals surface area contributed by atoms with E-state index in [-0.39, 0.29) is 11.5 Å². The van der Waals surface area contributed by atoms with Crippen LogP contribution in [0.3, 0.4) is 0 Å². The molecule has 0 saturated carbocycles. The van der Waals surface area contributed by atoms with Crippen LogP contribution < -0.4 is 21.0 Å². The number of alkyl halides is 3. The zero-order valence-corrected chi connectivity index (χ0v) is 24.3. The summed E-state index contributed by atoms with van der Waals surface area (Å²) in [5.74, 6) is -1.97. The van der Waals surface area contributed by atoms with E-state index in [1.165, 1.54) is 17.8 Å². The van der Waals surface area contributed by atoms with Gasteiger partial charge in [-0.25, -0.2) is 4.79 Å². The number of carbonyl (C=O) groups excluding carboxylic acids is 1. The number of nitrogens with zero attached hydrogens (tertiary/aromatic N) is 3. The van der Waals surface area contributed by atoms with E-state index >= 15 is 0 Å². The Bertz CT molecular complexity index is 1850. The van der Waals surface area contributed by atoms with Crippen molar-refractivity contribution in [2.45, 2.75) is 49.4 Å². The fourth-order valence-corrected chi connectivity index (χ4v) is 6.74. The van der Waals surface area contributed by atoms with Crippen molar-refractivity contribution >= 4 is 29.3 Å². The van der Waals surface area contributed by atoms with Crippen LogP contribution in [-0.2, 0) is 12.4 Å². The van der Waals surface area contributed by atoms with Crippen molar-refractivity contribution in [2.24, 2.45) is 0 Å². The number of fused-ring (bicyclic) bond motifs is 3. The third kappa shape index (κ3) is 5.10. The molecular formula is C29H23ClF3N3O6S. The van der Waals surface area contributed by atoms with Crippen LogP contribution in [-0.4, -0.2) is 34.4 Å². The van der Waals surface area contributed by atoms with Gasteiger partial charge in [0.05, 0.1) is 6.04 Å². The van der Waals surface area contributed by atoms with E-state index in [4.69, 9.17) is 25.2 Å². The zero-order valence-electron chi connectivity index (χ0n) is 22.7. The Balaban J connectivity index is 1.57. The maximum Gasteiger partial charge on any atom is 0.519 e. The van der Waals surface area contributed by atoms with Gasteiger partial charge in [-0.05, 0) is 42.7 Å². The van der Waals surface area contributed by atoms with Crippen molar-refractivity contribution < 1.29 is 31.5 Å². The van der Waals surface area contributed by atoms with Crippen molar-refractivity contribution in [3.05, 3.63) is 114 Å². The van der Waals surface area contributed by atoms with Crippen LogP contribution in [0.5, 0.6) is 5.75 Å². The highest BCUT2D eigenvalue weighted by Gasteiger charge is 2.48. The number of benzene rings is 2. The Morgan fingerprint density at radius 1 is 1.07 bits per heavy atom. The van der Waals surface area contributed by atoms with Gasteiger partial charge in [-0.1, -0.05) is 41.9 Å². The molecule has 2 atom stereocenters. The van der Waals surface area contributed by atoms with Crippen LogP contribution in [0.2, 0.25) is 5.02 Å². The molecule has 43 heavy (non-hydrogen) atoms. The van der Waals surface area contributed by atoms with Gasteiger partial charge in [0.15, 0.2) is 23.0 Å². The minimum atomic E-state index is -4.77. The molecule has 14 heteroatoms. The highest BCUT2D eigenvalue weighted by atomic mass is 35.5. The number of hydrogen-bond donors (Lipinski definition) is 0. The third-order valence-electron chi connectivity index (χ3n) is 7.53. The van der Waals surface area contributed by atoms with Gasteiger partial charge in [-0.3, -0.25) is 19.3 Å². The largest absolute Gasteiger partial charge is 0.519 e. The zero-order chi connectivity index (χ0) is 30.6. The molecule has 0 spiro atoms. The summed E-state index contributed by atoms with van der Waals surface area (Å²) in [6, 6.07) is 11.1. The van der Waals surface area contributed by atoms with Crippen LogP contribution in [0.25, 0.3) is 0 Å². The van der Waals surface area contributed by atoms with E-state index in [0.717, 1.165) is 34.6 Å². The molecule has 2 aromatic heterocycles. The van der Waals surface area contributed by atoms with Gasteiger partial charge in [0.1, 0.15) is 19.3 Å². The van der Waals surface area contributed by atoms with Crippen LogP contribution in [0.1, 0.15) is 51.7 Å². The number of halogens is 4. The molecule has 2 aliphatic heterocycles. The summed E-state index contributed by atoms with van der Waals surface area (Å²) in [4.78, 5) is 40.0. The van der Waals surface area contributed by atoms with Gasteiger partial charge >= 0.3 is 12.0 Å². The highest BCUT2D eigenvalue weighted by Crippen LogP contribution is 2.45. The van der Waals surface area contributed by atoms with Gasteiger partial charge in [-0.2, -0.15) is 13.2 Å². The quantitative estimate of drug-likeness (QED) is 0.279. The average Bonchev–Trinajstić information content (AvgIpc) is 3.18. The number of amides is 1. The predicted octanol–water partition coefficient (Wildman–Crippen LogP) is 5.63. The van der Waals surface area contributed by atoms with Crippen molar-refractivity contribution in [3.8, 4) is 5.75 Å². The summed E-state index contributed by atoms with van der Waals surface area (Å²) in [5, 5.41) is 2.09. The second kappa shape index (κ2) is 10.9. The average molecular weight is 634 g/mol. The topological polar surface area (TPSA) is 98.1 Å². The number of aryl methyl sites for hydroxylation is 1. The first-order valence-electron chi connectivity index (χ1n) is 13.1. The van der Waals surface area contributed by atoms with Crippen molar-refractivity contribution in [2.75, 3.05) is 11.7 Å². The first-order chi connectivity index (χ1) is 20.5. The van der Waals surface area contributed by atoms with Crippen LogP contribution >= 0.6 is 23.4 Å². The van der Waals surface area contributed by atoms with E-state index in [1.54, 1.807) is 28.9 Å². The number of hydrogen-bond acceptors (Lipinski definition) is 8. The van der Waals surface area contributed by atoms with Gasteiger partial charge in [0.2, 0.25) is 5.43 Å². The second-order valence-corrected chi connectivity index (χ2v) is 11.5. The molecule has 224 valence electrons. The standard InChI is InChI=1S/C29H23ClF3N3O6S/c1-15-22(42-28(39)41-15)12-40-26-21(37)10-11-35-25(26)27(38)34(16(2)29(31,32)33)14-36(35)24-17-7-5-8-20(30)19(17)13-43-23-9-4-3-6-18(23)24/h3-11,16,24H,12-14H2,1-2H3/t16-,24+/m1/s1. The molecular weight excluding hydrogens is 611 g/mol. The fraction of sp³-hybridized carbons (Fsp3) is 0.276. The van der Waals surface area contributed by atoms with Gasteiger partial charge in [-0.15, -0.1) is 11.8 Å². The lowest BCUT2D eigenvalue weighted by Crippen LogP contribution is -2.60. The summed E-state index contributed by atoms with van der Waals surface area (Å²) in [6.07, 6.45) is -3.43. The molecule has 0 fully saturated rings. The van der Waals surface area contributed by atoms with E-state index in [0.29, 0.717) is 15.7 Å². The first kappa shape index (κ1) is 29.0. The van der Waals surface area contributed by atoms with E-state index in [9.17, 15) is 27.6 Å². The molecule has 0 radical (unpaired) electrons. The predicted molar refractivity (Wildman–Crippen MR) is 151 cm³/mol. The summed E-state index contributed by atoms with van der Waals surface area (Å²) in [7, 11) is 0. The summed E-state index contributed by atoms with van der Waals surface area (Å²) >= 11 is 8.17. The van der Waals surface area contributed by atoms with Gasteiger partial charge in [0, 0.05) is 27.9 Å². The molecule has 4 heterocycles. The normalized spacial score (nSPS) is 17.2. The van der Waals surface area contributed by atoms with E-state index in [1.807, 2.05) is 30.3 Å². The second-order valence-electron chi connectivity index (χ2n) is 10.0. The van der Waals surface area contributed by atoms with E-state index in [2.05, 4.69) is 0 Å². The monoisotopic (exact) mass is 633 g/mol. The minimum Gasteiger partial charge on any atom is -0.479 e. The first-order valence-corrected chi connectivity index (χ1v) is 14.4. The number of ether oxygens (including phenoxy) is 1. The number of pyridine rings is 1. The summed E-state index contributed by atoms with van der Waals surface area (Å²) < 4.78 is 59.3. The molecule has 0 bridgehead atoms. The van der Waals surface area contributed by atoms with Gasteiger partial charge in [0.25, 0.3) is 5.91 Å². The molecule has 9 nitrogen and oxygen atoms in total. The lowest BCUT2D eigenvalue weighted by atomic mass is 9.94. The SMILES string of the molecule is Cc1oc(=O)oc1COc1c2n(ccc1=O)N([C@@H]1c3ccccc3SCc3c(Cl)cccc31)CN([C@H](C)C(F)(F)F)C2=O. The molecule has 2 aliphatic rings. The molecule has 2 aromatic carbocycles. The molecule has 0 N–H and O–H groups in total. The molecule has 6 rings (SSSR count).